The van der Waals surface area contributed by atoms with E-state index in [0.29, 0.717) is 0 Å². The molecule has 1 aromatic heterocycles. The van der Waals surface area contributed by atoms with Crippen LogP contribution in [0.1, 0.15) is 12.0 Å². The van der Waals surface area contributed by atoms with E-state index in [-0.39, 0.29) is 10.8 Å². The van der Waals surface area contributed by atoms with Gasteiger partial charge in [-0.1, -0.05) is 6.07 Å². The molecule has 1 aliphatic rings. The summed E-state index contributed by atoms with van der Waals surface area (Å²) < 4.78 is 26.9. The molecule has 2 aromatic rings. The zero-order chi connectivity index (χ0) is 14.0. The van der Waals surface area contributed by atoms with Gasteiger partial charge in [-0.2, -0.15) is 0 Å². The first-order valence-corrected chi connectivity index (χ1v) is 7.80. The maximum absolute atomic E-state index is 12.3. The summed E-state index contributed by atoms with van der Waals surface area (Å²) in [6, 6.07) is 6.74. The van der Waals surface area contributed by atoms with E-state index in [1.54, 1.807) is 18.2 Å². The van der Waals surface area contributed by atoms with Crippen LogP contribution in [-0.2, 0) is 16.4 Å². The van der Waals surface area contributed by atoms with Gasteiger partial charge in [0.2, 0.25) is 5.95 Å². The fourth-order valence-electron chi connectivity index (χ4n) is 2.14. The van der Waals surface area contributed by atoms with E-state index in [4.69, 9.17) is 0 Å². The van der Waals surface area contributed by atoms with E-state index in [0.717, 1.165) is 30.6 Å². The minimum atomic E-state index is -3.66. The Morgan fingerprint density at radius 2 is 2.00 bits per heavy atom. The predicted molar refractivity (Wildman–Crippen MR) is 76.1 cm³/mol. The molecule has 0 unspecified atom stereocenters. The number of aryl methyl sites for hydroxylation is 1. The van der Waals surface area contributed by atoms with Crippen molar-refractivity contribution in [3.63, 3.8) is 0 Å². The maximum Gasteiger partial charge on any atom is 0.264 e. The van der Waals surface area contributed by atoms with Gasteiger partial charge in [-0.15, -0.1) is 0 Å². The lowest BCUT2D eigenvalue weighted by Gasteiger charge is -2.18. The standard InChI is InChI=1S/C13H14N4O2S/c18-20(19,17-13-15-7-2-8-16-13)11-5-4-10-3-1-6-14-12(10)9-11/h2,4-5,7-9,14H,1,3,6H2,(H,15,16,17). The van der Waals surface area contributed by atoms with Crippen LogP contribution in [0.15, 0.2) is 41.6 Å². The molecule has 0 saturated heterocycles. The molecule has 0 fully saturated rings. The van der Waals surface area contributed by atoms with Crippen molar-refractivity contribution in [2.24, 2.45) is 0 Å². The summed E-state index contributed by atoms with van der Waals surface area (Å²) in [4.78, 5) is 7.93. The highest BCUT2D eigenvalue weighted by Gasteiger charge is 2.18. The molecule has 0 aliphatic carbocycles. The first-order chi connectivity index (χ1) is 9.65. The SMILES string of the molecule is O=S(=O)(Nc1ncccn1)c1ccc2c(c1)NCCC2. The number of hydrogen-bond donors (Lipinski definition) is 2. The first-order valence-electron chi connectivity index (χ1n) is 6.32. The number of nitrogens with zero attached hydrogens (tertiary/aromatic N) is 2. The lowest BCUT2D eigenvalue weighted by molar-refractivity contribution is 0.600. The van der Waals surface area contributed by atoms with Crippen molar-refractivity contribution >= 4 is 21.7 Å². The molecule has 2 heterocycles. The minimum absolute atomic E-state index is 0.0678. The van der Waals surface area contributed by atoms with Crippen molar-refractivity contribution in [1.29, 1.82) is 0 Å². The molecule has 0 amide bonds. The molecular formula is C13H14N4O2S. The molecule has 104 valence electrons. The van der Waals surface area contributed by atoms with Crippen molar-refractivity contribution in [3.8, 4) is 0 Å². The highest BCUT2D eigenvalue weighted by Crippen LogP contribution is 2.25. The highest BCUT2D eigenvalue weighted by atomic mass is 32.2. The zero-order valence-electron chi connectivity index (χ0n) is 10.7. The molecule has 0 saturated carbocycles. The molecule has 0 atom stereocenters. The van der Waals surface area contributed by atoms with Gasteiger partial charge < -0.3 is 5.32 Å². The third-order valence-corrected chi connectivity index (χ3v) is 4.45. The van der Waals surface area contributed by atoms with Crippen LogP contribution in [0.3, 0.4) is 0 Å². The van der Waals surface area contributed by atoms with Crippen LogP contribution in [-0.4, -0.2) is 24.9 Å². The Bertz CT molecular complexity index is 716. The van der Waals surface area contributed by atoms with Crippen molar-refractivity contribution < 1.29 is 8.42 Å². The van der Waals surface area contributed by atoms with Gasteiger partial charge in [-0.25, -0.2) is 23.1 Å². The Balaban J connectivity index is 1.91. The van der Waals surface area contributed by atoms with Crippen molar-refractivity contribution in [2.45, 2.75) is 17.7 Å². The van der Waals surface area contributed by atoms with Gasteiger partial charge in [0.25, 0.3) is 10.0 Å². The number of aromatic nitrogens is 2. The predicted octanol–water partition coefficient (Wildman–Crippen LogP) is 1.64. The van der Waals surface area contributed by atoms with E-state index in [9.17, 15) is 8.42 Å². The van der Waals surface area contributed by atoms with Gasteiger partial charge in [-0.05, 0) is 36.6 Å². The van der Waals surface area contributed by atoms with E-state index < -0.39 is 10.0 Å². The van der Waals surface area contributed by atoms with Gasteiger partial charge in [0.15, 0.2) is 0 Å². The molecule has 1 aromatic carbocycles. The average molecular weight is 290 g/mol. The normalized spacial score (nSPS) is 14.2. The molecule has 0 bridgehead atoms. The number of rotatable bonds is 3. The highest BCUT2D eigenvalue weighted by molar-refractivity contribution is 7.92. The van der Waals surface area contributed by atoms with Crippen LogP contribution in [0.25, 0.3) is 0 Å². The second-order valence-electron chi connectivity index (χ2n) is 4.53. The molecular weight excluding hydrogens is 276 g/mol. The number of anilines is 2. The number of sulfonamides is 1. The van der Waals surface area contributed by atoms with E-state index in [1.165, 1.54) is 12.4 Å². The molecule has 20 heavy (non-hydrogen) atoms. The molecule has 0 spiro atoms. The van der Waals surface area contributed by atoms with Gasteiger partial charge in [0, 0.05) is 24.6 Å². The van der Waals surface area contributed by atoms with E-state index in [1.807, 2.05) is 6.07 Å². The Morgan fingerprint density at radius 1 is 1.20 bits per heavy atom. The second kappa shape index (κ2) is 5.09. The van der Waals surface area contributed by atoms with Gasteiger partial charge in [-0.3, -0.25) is 0 Å². The summed E-state index contributed by atoms with van der Waals surface area (Å²) in [7, 11) is -3.66. The Morgan fingerprint density at radius 3 is 2.80 bits per heavy atom. The maximum atomic E-state index is 12.3. The van der Waals surface area contributed by atoms with Gasteiger partial charge in [0.05, 0.1) is 4.90 Å². The number of nitrogens with one attached hydrogen (secondary N) is 2. The van der Waals surface area contributed by atoms with E-state index >= 15 is 0 Å². The van der Waals surface area contributed by atoms with Crippen LogP contribution >= 0.6 is 0 Å². The summed E-state index contributed by atoms with van der Waals surface area (Å²) in [6.07, 6.45) is 5.01. The lowest BCUT2D eigenvalue weighted by atomic mass is 10.0. The van der Waals surface area contributed by atoms with Crippen LogP contribution in [0.4, 0.5) is 11.6 Å². The molecule has 2 N–H and O–H groups in total. The molecule has 6 nitrogen and oxygen atoms in total. The minimum Gasteiger partial charge on any atom is -0.385 e. The van der Waals surface area contributed by atoms with Gasteiger partial charge >= 0.3 is 0 Å². The van der Waals surface area contributed by atoms with Gasteiger partial charge in [0.1, 0.15) is 0 Å². The quantitative estimate of drug-likeness (QED) is 0.897. The topological polar surface area (TPSA) is 84.0 Å². The van der Waals surface area contributed by atoms with Crippen molar-refractivity contribution in [2.75, 3.05) is 16.6 Å². The fraction of sp³-hybridized carbons (Fsp3) is 0.231. The lowest BCUT2D eigenvalue weighted by Crippen LogP contribution is -2.17. The molecule has 1 aliphatic heterocycles. The Kier molecular flexibility index (Phi) is 3.27. The molecule has 7 heteroatoms. The number of fused-ring (bicyclic) bond motifs is 1. The first kappa shape index (κ1) is 12.9. The van der Waals surface area contributed by atoms with Crippen molar-refractivity contribution in [3.05, 3.63) is 42.2 Å². The average Bonchev–Trinajstić information content (AvgIpc) is 2.47. The largest absolute Gasteiger partial charge is 0.385 e. The number of benzene rings is 1. The van der Waals surface area contributed by atoms with Crippen LogP contribution in [0.2, 0.25) is 0 Å². The summed E-state index contributed by atoms with van der Waals surface area (Å²) in [5.74, 6) is 0.0678. The third kappa shape index (κ3) is 2.57. The molecule has 3 rings (SSSR count). The van der Waals surface area contributed by atoms with E-state index in [2.05, 4.69) is 20.0 Å². The van der Waals surface area contributed by atoms with Crippen LogP contribution < -0.4 is 10.0 Å². The van der Waals surface area contributed by atoms with Crippen LogP contribution in [0, 0.1) is 0 Å². The smallest absolute Gasteiger partial charge is 0.264 e. The van der Waals surface area contributed by atoms with Crippen LogP contribution in [0.5, 0.6) is 0 Å². The number of hydrogen-bond acceptors (Lipinski definition) is 5. The zero-order valence-corrected chi connectivity index (χ0v) is 11.5. The fourth-order valence-corrected chi connectivity index (χ4v) is 3.12. The Labute approximate surface area is 117 Å². The summed E-state index contributed by atoms with van der Waals surface area (Å²) in [6.45, 7) is 0.867. The Hall–Kier alpha value is -2.15. The summed E-state index contributed by atoms with van der Waals surface area (Å²) in [5, 5.41) is 3.22. The summed E-state index contributed by atoms with van der Waals surface area (Å²) in [5.41, 5.74) is 2.03. The molecule has 0 radical (unpaired) electrons. The summed E-state index contributed by atoms with van der Waals surface area (Å²) >= 11 is 0. The third-order valence-electron chi connectivity index (χ3n) is 3.12. The second-order valence-corrected chi connectivity index (χ2v) is 6.21. The monoisotopic (exact) mass is 290 g/mol. The van der Waals surface area contributed by atoms with Crippen molar-refractivity contribution in [1.82, 2.24) is 9.97 Å².